The highest BCUT2D eigenvalue weighted by atomic mass is 16.3. The van der Waals surface area contributed by atoms with Crippen LogP contribution in [0.4, 0.5) is 11.5 Å². The third-order valence-corrected chi connectivity index (χ3v) is 1.95. The van der Waals surface area contributed by atoms with Crippen LogP contribution in [0.1, 0.15) is 10.4 Å². The number of aromatic nitrogens is 3. The van der Waals surface area contributed by atoms with Crippen molar-refractivity contribution in [3.63, 3.8) is 0 Å². The maximum Gasteiger partial charge on any atom is 0.260 e. The molecule has 82 valence electrons. The predicted molar refractivity (Wildman–Crippen MR) is 56.9 cm³/mol. The van der Waals surface area contributed by atoms with Crippen LogP contribution in [0.15, 0.2) is 24.7 Å². The van der Waals surface area contributed by atoms with Crippen LogP contribution in [-0.2, 0) is 0 Å². The average molecular weight is 219 g/mol. The molecule has 0 spiro atoms. The fraction of sp³-hybridized carbons (Fsp3) is 0. The SMILES string of the molecule is Nc1cn[nH]c1NC(=O)c1ccncc1O. The lowest BCUT2D eigenvalue weighted by Gasteiger charge is -2.04. The second kappa shape index (κ2) is 3.89. The zero-order valence-corrected chi connectivity index (χ0v) is 8.14. The predicted octanol–water partition coefficient (Wildman–Crippen LogP) is 0.345. The Bertz CT molecular complexity index is 522. The maximum atomic E-state index is 11.7. The van der Waals surface area contributed by atoms with Crippen molar-refractivity contribution in [2.45, 2.75) is 0 Å². The quantitative estimate of drug-likeness (QED) is 0.581. The Balaban J connectivity index is 2.22. The lowest BCUT2D eigenvalue weighted by atomic mass is 10.2. The summed E-state index contributed by atoms with van der Waals surface area (Å²) < 4.78 is 0. The number of amides is 1. The van der Waals surface area contributed by atoms with E-state index in [1.54, 1.807) is 0 Å². The molecule has 0 bridgehead atoms. The van der Waals surface area contributed by atoms with Gasteiger partial charge in [0, 0.05) is 6.20 Å². The molecular formula is C9H9N5O2. The van der Waals surface area contributed by atoms with Crippen LogP contribution in [0.2, 0.25) is 0 Å². The molecule has 7 heteroatoms. The van der Waals surface area contributed by atoms with E-state index in [1.807, 2.05) is 0 Å². The van der Waals surface area contributed by atoms with Gasteiger partial charge < -0.3 is 16.2 Å². The molecule has 0 aromatic carbocycles. The normalized spacial score (nSPS) is 10.0. The van der Waals surface area contributed by atoms with Crippen molar-refractivity contribution >= 4 is 17.4 Å². The van der Waals surface area contributed by atoms with E-state index in [-0.39, 0.29) is 11.3 Å². The van der Waals surface area contributed by atoms with E-state index in [1.165, 1.54) is 24.7 Å². The first-order valence-electron chi connectivity index (χ1n) is 4.41. The van der Waals surface area contributed by atoms with Crippen LogP contribution < -0.4 is 11.1 Å². The zero-order chi connectivity index (χ0) is 11.5. The van der Waals surface area contributed by atoms with Gasteiger partial charge in [-0.25, -0.2) is 0 Å². The van der Waals surface area contributed by atoms with Gasteiger partial charge in [0.05, 0.1) is 23.6 Å². The Hall–Kier alpha value is -2.57. The van der Waals surface area contributed by atoms with Gasteiger partial charge in [-0.2, -0.15) is 5.10 Å². The topological polar surface area (TPSA) is 117 Å². The highest BCUT2D eigenvalue weighted by molar-refractivity contribution is 6.06. The van der Waals surface area contributed by atoms with Gasteiger partial charge in [-0.1, -0.05) is 0 Å². The number of rotatable bonds is 2. The minimum Gasteiger partial charge on any atom is -0.505 e. The molecule has 0 aliphatic rings. The highest BCUT2D eigenvalue weighted by Gasteiger charge is 2.12. The third kappa shape index (κ3) is 1.78. The van der Waals surface area contributed by atoms with E-state index in [0.717, 1.165) is 0 Å². The lowest BCUT2D eigenvalue weighted by Crippen LogP contribution is -2.13. The minimum atomic E-state index is -0.490. The Morgan fingerprint density at radius 3 is 2.94 bits per heavy atom. The number of nitrogens with one attached hydrogen (secondary N) is 2. The van der Waals surface area contributed by atoms with Crippen molar-refractivity contribution in [2.24, 2.45) is 0 Å². The van der Waals surface area contributed by atoms with Gasteiger partial charge in [-0.05, 0) is 6.07 Å². The Kier molecular flexibility index (Phi) is 2.42. The van der Waals surface area contributed by atoms with Gasteiger partial charge in [0.1, 0.15) is 5.75 Å². The fourth-order valence-electron chi connectivity index (χ4n) is 1.15. The molecule has 0 saturated heterocycles. The number of nitrogens with two attached hydrogens (primary N) is 1. The van der Waals surface area contributed by atoms with Gasteiger partial charge in [-0.3, -0.25) is 14.9 Å². The van der Waals surface area contributed by atoms with E-state index in [2.05, 4.69) is 20.5 Å². The van der Waals surface area contributed by atoms with Crippen LogP contribution in [0, 0.1) is 0 Å². The number of pyridine rings is 1. The van der Waals surface area contributed by atoms with Crippen LogP contribution in [0.5, 0.6) is 5.75 Å². The monoisotopic (exact) mass is 219 g/mol. The van der Waals surface area contributed by atoms with Crippen molar-refractivity contribution < 1.29 is 9.90 Å². The summed E-state index contributed by atoms with van der Waals surface area (Å²) in [5, 5.41) is 18.0. The molecule has 2 rings (SSSR count). The number of carbonyl (C=O) groups excluding carboxylic acids is 1. The summed E-state index contributed by atoms with van der Waals surface area (Å²) in [6.07, 6.45) is 3.97. The van der Waals surface area contributed by atoms with Crippen LogP contribution >= 0.6 is 0 Å². The molecule has 2 heterocycles. The Morgan fingerprint density at radius 1 is 1.50 bits per heavy atom. The third-order valence-electron chi connectivity index (χ3n) is 1.95. The van der Waals surface area contributed by atoms with Crippen molar-refractivity contribution in [1.29, 1.82) is 0 Å². The summed E-state index contributed by atoms with van der Waals surface area (Å²) in [6.45, 7) is 0. The summed E-state index contributed by atoms with van der Waals surface area (Å²) in [6, 6.07) is 1.40. The van der Waals surface area contributed by atoms with Crippen molar-refractivity contribution in [3.05, 3.63) is 30.2 Å². The van der Waals surface area contributed by atoms with Crippen molar-refractivity contribution in [1.82, 2.24) is 15.2 Å². The first-order chi connectivity index (χ1) is 7.68. The van der Waals surface area contributed by atoms with Crippen LogP contribution in [-0.4, -0.2) is 26.2 Å². The summed E-state index contributed by atoms with van der Waals surface area (Å²) in [5.41, 5.74) is 5.96. The van der Waals surface area contributed by atoms with E-state index in [4.69, 9.17) is 5.73 Å². The van der Waals surface area contributed by atoms with Gasteiger partial charge in [0.25, 0.3) is 5.91 Å². The molecule has 0 unspecified atom stereocenters. The molecule has 5 N–H and O–H groups in total. The number of carbonyl (C=O) groups is 1. The Labute approximate surface area is 90.3 Å². The van der Waals surface area contributed by atoms with Gasteiger partial charge in [-0.15, -0.1) is 0 Å². The highest BCUT2D eigenvalue weighted by Crippen LogP contribution is 2.18. The molecule has 1 amide bonds. The van der Waals surface area contributed by atoms with Gasteiger partial charge in [0.2, 0.25) is 0 Å². The van der Waals surface area contributed by atoms with Crippen LogP contribution in [0.25, 0.3) is 0 Å². The molecule has 2 aromatic heterocycles. The molecule has 0 aliphatic carbocycles. The van der Waals surface area contributed by atoms with Gasteiger partial charge in [0.15, 0.2) is 5.82 Å². The second-order valence-electron chi connectivity index (χ2n) is 3.05. The number of aromatic hydroxyl groups is 1. The second-order valence-corrected chi connectivity index (χ2v) is 3.05. The van der Waals surface area contributed by atoms with Crippen molar-refractivity contribution in [2.75, 3.05) is 11.1 Å². The summed E-state index contributed by atoms with van der Waals surface area (Å²) in [5.74, 6) is -0.393. The molecule has 16 heavy (non-hydrogen) atoms. The van der Waals surface area contributed by atoms with Crippen LogP contribution in [0.3, 0.4) is 0 Å². The van der Waals surface area contributed by atoms with Crippen molar-refractivity contribution in [3.8, 4) is 5.75 Å². The largest absolute Gasteiger partial charge is 0.505 e. The first-order valence-corrected chi connectivity index (χ1v) is 4.41. The standard InChI is InChI=1S/C9H9N5O2/c10-6-3-12-14-8(6)13-9(16)5-1-2-11-4-7(5)15/h1-4,15H,10H2,(H2,12,13,14,16). The molecule has 0 atom stereocenters. The number of H-pyrrole nitrogens is 1. The summed E-state index contributed by atoms with van der Waals surface area (Å²) in [4.78, 5) is 15.3. The van der Waals surface area contributed by atoms with Gasteiger partial charge >= 0.3 is 0 Å². The maximum absolute atomic E-state index is 11.7. The first kappa shape index (κ1) is 9.97. The smallest absolute Gasteiger partial charge is 0.260 e. The van der Waals surface area contributed by atoms with E-state index >= 15 is 0 Å². The molecule has 0 aliphatic heterocycles. The number of nitrogen functional groups attached to an aromatic ring is 1. The zero-order valence-electron chi connectivity index (χ0n) is 8.14. The van der Waals surface area contributed by atoms with E-state index in [9.17, 15) is 9.90 Å². The molecular weight excluding hydrogens is 210 g/mol. The number of nitrogens with zero attached hydrogens (tertiary/aromatic N) is 2. The number of hydrogen-bond acceptors (Lipinski definition) is 5. The summed E-state index contributed by atoms with van der Waals surface area (Å²) >= 11 is 0. The average Bonchev–Trinajstić information content (AvgIpc) is 2.65. The Morgan fingerprint density at radius 2 is 2.31 bits per heavy atom. The molecule has 7 nitrogen and oxygen atoms in total. The lowest BCUT2D eigenvalue weighted by molar-refractivity contribution is 0.102. The number of hydrogen-bond donors (Lipinski definition) is 4. The summed E-state index contributed by atoms with van der Waals surface area (Å²) in [7, 11) is 0. The fourth-order valence-corrected chi connectivity index (χ4v) is 1.15. The molecule has 2 aromatic rings. The molecule has 0 radical (unpaired) electrons. The van der Waals surface area contributed by atoms with E-state index in [0.29, 0.717) is 11.5 Å². The molecule has 0 saturated carbocycles. The number of aromatic amines is 1. The molecule has 0 fully saturated rings. The van der Waals surface area contributed by atoms with E-state index < -0.39 is 5.91 Å². The minimum absolute atomic E-state index is 0.115. The number of anilines is 2.